The van der Waals surface area contributed by atoms with Gasteiger partial charge in [0.25, 0.3) is 0 Å². The third kappa shape index (κ3) is 4.77. The molecule has 38 heavy (non-hydrogen) atoms. The van der Waals surface area contributed by atoms with Gasteiger partial charge in [-0.15, -0.1) is 0 Å². The second kappa shape index (κ2) is 10.8. The number of likely N-dealkylation sites (N-methyl/N-ethyl adjacent to an activating group) is 1. The van der Waals surface area contributed by atoms with Crippen molar-refractivity contribution in [2.75, 3.05) is 31.5 Å². The first-order chi connectivity index (χ1) is 18.3. The summed E-state index contributed by atoms with van der Waals surface area (Å²) in [5.41, 5.74) is 1.71. The highest BCUT2D eigenvalue weighted by atomic mass is 16.5. The smallest absolute Gasteiger partial charge is 0.246 e. The summed E-state index contributed by atoms with van der Waals surface area (Å²) in [6.07, 6.45) is 8.57. The quantitative estimate of drug-likeness (QED) is 0.486. The molecule has 3 fully saturated rings. The van der Waals surface area contributed by atoms with E-state index in [-0.39, 0.29) is 23.8 Å². The number of fused-ring (bicyclic) bond motifs is 1. The van der Waals surface area contributed by atoms with Crippen LogP contribution in [0.5, 0.6) is 0 Å². The van der Waals surface area contributed by atoms with Crippen LogP contribution in [0.3, 0.4) is 0 Å². The van der Waals surface area contributed by atoms with Crippen LogP contribution in [-0.2, 0) is 19.1 Å². The Morgan fingerprint density at radius 3 is 2.39 bits per heavy atom. The largest absolute Gasteiger partial charge is 0.359 e. The average Bonchev–Trinajstić information content (AvgIpc) is 3.52. The van der Waals surface area contributed by atoms with Gasteiger partial charge in [0.1, 0.15) is 11.6 Å². The number of amides is 3. The summed E-state index contributed by atoms with van der Waals surface area (Å²) in [7, 11) is 0. The Morgan fingerprint density at radius 2 is 1.74 bits per heavy atom. The molecule has 0 unspecified atom stereocenters. The zero-order valence-corrected chi connectivity index (χ0v) is 23.2. The minimum Gasteiger partial charge on any atom is -0.359 e. The van der Waals surface area contributed by atoms with Crippen molar-refractivity contribution in [1.29, 1.82) is 0 Å². The molecular formula is C30H42N4O4. The second-order valence-electron chi connectivity index (χ2n) is 11.5. The normalized spacial score (nSPS) is 30.2. The van der Waals surface area contributed by atoms with Gasteiger partial charge in [0.2, 0.25) is 17.7 Å². The Bertz CT molecular complexity index is 1090. The third-order valence-corrected chi connectivity index (χ3v) is 8.92. The lowest BCUT2D eigenvalue weighted by Crippen LogP contribution is -2.57. The van der Waals surface area contributed by atoms with E-state index < -0.39 is 29.6 Å². The number of nitrogens with zero attached hydrogens (tertiary/aromatic N) is 2. The topological polar surface area (TPSA) is 91.0 Å². The lowest BCUT2D eigenvalue weighted by molar-refractivity contribution is -0.141. The van der Waals surface area contributed by atoms with Crippen molar-refractivity contribution in [3.05, 3.63) is 41.5 Å². The lowest BCUT2D eigenvalue weighted by Gasteiger charge is -2.34. The van der Waals surface area contributed by atoms with E-state index >= 15 is 0 Å². The number of benzene rings is 1. The van der Waals surface area contributed by atoms with Crippen LogP contribution < -0.4 is 10.6 Å². The molecule has 0 aromatic heterocycles. The zero-order valence-electron chi connectivity index (χ0n) is 23.2. The van der Waals surface area contributed by atoms with Crippen LogP contribution >= 0.6 is 0 Å². The van der Waals surface area contributed by atoms with Crippen LogP contribution in [0.4, 0.5) is 5.69 Å². The highest BCUT2D eigenvalue weighted by molar-refractivity contribution is 6.02. The van der Waals surface area contributed by atoms with Gasteiger partial charge in [-0.3, -0.25) is 14.4 Å². The maximum absolute atomic E-state index is 14.1. The molecule has 2 bridgehead atoms. The molecule has 3 amide bonds. The van der Waals surface area contributed by atoms with Crippen LogP contribution in [0.1, 0.15) is 57.1 Å². The van der Waals surface area contributed by atoms with Crippen LogP contribution in [0.2, 0.25) is 0 Å². The Labute approximate surface area is 226 Å². The Kier molecular flexibility index (Phi) is 7.65. The summed E-state index contributed by atoms with van der Waals surface area (Å²) in [6, 6.07) is 5.25. The standard InChI is InChI=1S/C30H42N4O4/c1-5-33(6-2)14-15-34-26(28(36)31-21-10-8-7-9-11-21)30-13-12-23(38-30)24(25(30)29(34)37)27(35)32-22-17-19(3)16-20(4)18-22/h12-13,16-18,21,23-26H,5-11,14-15H2,1-4H3,(H,31,36)(H,32,35)/t23-,24-,25-,26+,30-/m0/s1. The van der Waals surface area contributed by atoms with E-state index in [2.05, 4.69) is 35.4 Å². The van der Waals surface area contributed by atoms with Gasteiger partial charge in [0, 0.05) is 24.8 Å². The van der Waals surface area contributed by atoms with E-state index in [0.29, 0.717) is 18.8 Å². The Hall–Kier alpha value is -2.71. The monoisotopic (exact) mass is 522 g/mol. The number of likely N-dealkylation sites (tertiary alicyclic amines) is 1. The van der Waals surface area contributed by atoms with E-state index in [0.717, 1.165) is 49.9 Å². The fraction of sp³-hybridized carbons (Fsp3) is 0.633. The van der Waals surface area contributed by atoms with E-state index in [1.54, 1.807) is 4.90 Å². The van der Waals surface area contributed by atoms with Gasteiger partial charge < -0.3 is 25.2 Å². The van der Waals surface area contributed by atoms with Crippen LogP contribution in [0.25, 0.3) is 0 Å². The highest BCUT2D eigenvalue weighted by Gasteiger charge is 2.72. The summed E-state index contributed by atoms with van der Waals surface area (Å²) in [5, 5.41) is 6.29. The molecule has 1 saturated carbocycles. The first-order valence-corrected chi connectivity index (χ1v) is 14.4. The van der Waals surface area contributed by atoms with Crippen molar-refractivity contribution in [2.24, 2.45) is 11.8 Å². The molecule has 4 aliphatic rings. The van der Waals surface area contributed by atoms with Gasteiger partial charge in [-0.1, -0.05) is 51.3 Å². The molecule has 3 heterocycles. The maximum Gasteiger partial charge on any atom is 0.246 e. The highest BCUT2D eigenvalue weighted by Crippen LogP contribution is 2.55. The molecule has 8 heteroatoms. The van der Waals surface area contributed by atoms with Gasteiger partial charge in [0.15, 0.2) is 0 Å². The van der Waals surface area contributed by atoms with E-state index in [1.165, 1.54) is 6.42 Å². The molecule has 3 aliphatic heterocycles. The number of ether oxygens (including phenoxy) is 1. The van der Waals surface area contributed by atoms with Crippen molar-refractivity contribution < 1.29 is 19.1 Å². The molecule has 1 aromatic carbocycles. The summed E-state index contributed by atoms with van der Waals surface area (Å²) in [5.74, 6) is -1.96. The summed E-state index contributed by atoms with van der Waals surface area (Å²) in [6.45, 7) is 11.0. The number of carbonyl (C=O) groups excluding carboxylic acids is 3. The summed E-state index contributed by atoms with van der Waals surface area (Å²) in [4.78, 5) is 45.6. The van der Waals surface area contributed by atoms with Gasteiger partial charge in [-0.05, 0) is 63.0 Å². The van der Waals surface area contributed by atoms with Crippen molar-refractivity contribution in [1.82, 2.24) is 15.1 Å². The molecule has 206 valence electrons. The average molecular weight is 523 g/mol. The predicted octanol–water partition coefficient (Wildman–Crippen LogP) is 3.18. The number of aryl methyl sites for hydroxylation is 2. The summed E-state index contributed by atoms with van der Waals surface area (Å²) < 4.78 is 6.48. The second-order valence-corrected chi connectivity index (χ2v) is 11.5. The Balaban J connectivity index is 1.43. The number of carbonyl (C=O) groups is 3. The van der Waals surface area contributed by atoms with Crippen LogP contribution in [0.15, 0.2) is 30.4 Å². The van der Waals surface area contributed by atoms with Crippen LogP contribution in [-0.4, -0.2) is 77.5 Å². The molecule has 1 spiro atoms. The molecule has 0 radical (unpaired) electrons. The minimum absolute atomic E-state index is 0.123. The van der Waals surface area contributed by atoms with Gasteiger partial charge in [0.05, 0.1) is 17.9 Å². The lowest BCUT2D eigenvalue weighted by atomic mass is 9.74. The summed E-state index contributed by atoms with van der Waals surface area (Å²) >= 11 is 0. The fourth-order valence-electron chi connectivity index (χ4n) is 7.10. The number of hydrogen-bond donors (Lipinski definition) is 2. The molecule has 5 atom stereocenters. The molecule has 5 rings (SSSR count). The van der Waals surface area contributed by atoms with Gasteiger partial charge in [-0.2, -0.15) is 0 Å². The van der Waals surface area contributed by atoms with Crippen molar-refractivity contribution in [2.45, 2.75) is 83.6 Å². The first kappa shape index (κ1) is 26.9. The SMILES string of the molecule is CCN(CC)CCN1C(=O)[C@@H]2[C@@H](C(=O)Nc3cc(C)cc(C)c3)[C@@H]3C=C[C@@]2(O3)[C@H]1C(=O)NC1CCCCC1. The number of rotatable bonds is 9. The first-order valence-electron chi connectivity index (χ1n) is 14.4. The van der Waals surface area contributed by atoms with Crippen molar-refractivity contribution in [3.63, 3.8) is 0 Å². The van der Waals surface area contributed by atoms with Gasteiger partial charge >= 0.3 is 0 Å². The van der Waals surface area contributed by atoms with Crippen molar-refractivity contribution >= 4 is 23.4 Å². The molecule has 1 aromatic rings. The van der Waals surface area contributed by atoms with E-state index in [9.17, 15) is 14.4 Å². The fourth-order valence-corrected chi connectivity index (χ4v) is 7.10. The molecule has 2 N–H and O–H groups in total. The van der Waals surface area contributed by atoms with E-state index in [1.807, 2.05) is 38.1 Å². The third-order valence-electron chi connectivity index (χ3n) is 8.92. The number of hydrogen-bond acceptors (Lipinski definition) is 5. The minimum atomic E-state index is -1.12. The molecule has 8 nitrogen and oxygen atoms in total. The number of nitrogens with one attached hydrogen (secondary N) is 2. The van der Waals surface area contributed by atoms with Crippen LogP contribution in [0, 0.1) is 25.7 Å². The predicted molar refractivity (Wildman–Crippen MR) is 147 cm³/mol. The molecular weight excluding hydrogens is 480 g/mol. The zero-order chi connectivity index (χ0) is 27.0. The molecule has 2 saturated heterocycles. The van der Waals surface area contributed by atoms with E-state index in [4.69, 9.17) is 4.74 Å². The maximum atomic E-state index is 14.1. The van der Waals surface area contributed by atoms with Gasteiger partial charge in [-0.25, -0.2) is 0 Å². The Morgan fingerprint density at radius 1 is 1.05 bits per heavy atom. The number of anilines is 1. The van der Waals surface area contributed by atoms with Crippen molar-refractivity contribution in [3.8, 4) is 0 Å². The molecule has 1 aliphatic carbocycles.